The van der Waals surface area contributed by atoms with Crippen LogP contribution in [-0.2, 0) is 11.4 Å². The van der Waals surface area contributed by atoms with Crippen molar-refractivity contribution in [1.82, 2.24) is 4.90 Å². The summed E-state index contributed by atoms with van der Waals surface area (Å²) in [6, 6.07) is 15.2. The second-order valence-corrected chi connectivity index (χ2v) is 6.71. The molecule has 1 aliphatic heterocycles. The maximum atomic E-state index is 12.9. The topological polar surface area (TPSA) is 41.6 Å². The van der Waals surface area contributed by atoms with Gasteiger partial charge in [-0.3, -0.25) is 5.32 Å². The van der Waals surface area contributed by atoms with Gasteiger partial charge in [-0.25, -0.2) is 9.18 Å². The molecule has 1 atom stereocenters. The Balaban J connectivity index is 1.61. The molecule has 138 valence electrons. The van der Waals surface area contributed by atoms with E-state index in [-0.39, 0.29) is 0 Å². The number of likely N-dealkylation sites (tertiary alicyclic amines) is 1. The largest absolute Gasteiger partial charge is 0.449 e. The Morgan fingerprint density at radius 1 is 1.27 bits per heavy atom. The van der Waals surface area contributed by atoms with Crippen LogP contribution in [0.5, 0.6) is 0 Å². The molecular formula is C21H25FN2O2. The highest BCUT2D eigenvalue weighted by atomic mass is 19.1. The number of amides is 1. The molecule has 1 fully saturated rings. The fourth-order valence-corrected chi connectivity index (χ4v) is 3.44. The fourth-order valence-electron chi connectivity index (χ4n) is 3.44. The van der Waals surface area contributed by atoms with E-state index in [1.165, 1.54) is 6.42 Å². The SMILES string of the molecule is CN1CCCC1CCOC(=O)Nc1ccccc1-c1cccc(CF)c1. The van der Waals surface area contributed by atoms with Gasteiger partial charge >= 0.3 is 6.09 Å². The van der Waals surface area contributed by atoms with Gasteiger partial charge in [0, 0.05) is 11.6 Å². The first-order valence-electron chi connectivity index (χ1n) is 9.05. The van der Waals surface area contributed by atoms with Crippen molar-refractivity contribution >= 4 is 11.8 Å². The van der Waals surface area contributed by atoms with Crippen LogP contribution in [0.4, 0.5) is 14.9 Å². The molecule has 4 nitrogen and oxygen atoms in total. The number of alkyl halides is 1. The van der Waals surface area contributed by atoms with Gasteiger partial charge in [0.1, 0.15) is 6.67 Å². The molecule has 0 bridgehead atoms. The van der Waals surface area contributed by atoms with Crippen LogP contribution in [0.25, 0.3) is 11.1 Å². The summed E-state index contributed by atoms with van der Waals surface area (Å²) in [4.78, 5) is 14.5. The molecule has 0 aromatic heterocycles. The van der Waals surface area contributed by atoms with Crippen molar-refractivity contribution in [3.05, 3.63) is 54.1 Å². The lowest BCUT2D eigenvalue weighted by molar-refractivity contribution is 0.147. The summed E-state index contributed by atoms with van der Waals surface area (Å²) < 4.78 is 18.3. The normalized spacial score (nSPS) is 17.2. The van der Waals surface area contributed by atoms with E-state index >= 15 is 0 Å². The van der Waals surface area contributed by atoms with Gasteiger partial charge in [-0.05, 0) is 56.1 Å². The van der Waals surface area contributed by atoms with Gasteiger partial charge in [0.25, 0.3) is 0 Å². The number of halogens is 1. The highest BCUT2D eigenvalue weighted by Gasteiger charge is 2.20. The van der Waals surface area contributed by atoms with E-state index in [2.05, 4.69) is 17.3 Å². The van der Waals surface area contributed by atoms with Crippen LogP contribution >= 0.6 is 0 Å². The minimum absolute atomic E-state index is 0.403. The van der Waals surface area contributed by atoms with Crippen LogP contribution in [0.1, 0.15) is 24.8 Å². The molecule has 5 heteroatoms. The molecule has 1 N–H and O–H groups in total. The van der Waals surface area contributed by atoms with Gasteiger partial charge in [0.05, 0.1) is 12.3 Å². The Bertz CT molecular complexity index is 750. The standard InChI is InChI=1S/C21H25FN2O2/c1-24-12-5-8-18(24)11-13-26-21(25)23-20-10-3-2-9-19(20)17-7-4-6-16(14-17)15-22/h2-4,6-7,9-10,14,18H,5,8,11-13,15H2,1H3,(H,23,25). The van der Waals surface area contributed by atoms with Crippen molar-refractivity contribution in [3.63, 3.8) is 0 Å². The van der Waals surface area contributed by atoms with Crippen LogP contribution in [-0.4, -0.2) is 37.2 Å². The first-order valence-corrected chi connectivity index (χ1v) is 9.05. The van der Waals surface area contributed by atoms with Crippen molar-refractivity contribution < 1.29 is 13.9 Å². The predicted octanol–water partition coefficient (Wildman–Crippen LogP) is 4.86. The molecule has 1 aliphatic rings. The Hall–Kier alpha value is -2.40. The first kappa shape index (κ1) is 18.4. The molecular weight excluding hydrogens is 331 g/mol. The molecule has 1 saturated heterocycles. The molecule has 0 saturated carbocycles. The van der Waals surface area contributed by atoms with Crippen LogP contribution in [0.3, 0.4) is 0 Å². The number of ether oxygens (including phenoxy) is 1. The Morgan fingerprint density at radius 3 is 2.88 bits per heavy atom. The summed E-state index contributed by atoms with van der Waals surface area (Å²) in [6.45, 7) is 1.00. The molecule has 0 spiro atoms. The van der Waals surface area contributed by atoms with E-state index in [1.54, 1.807) is 12.1 Å². The summed E-state index contributed by atoms with van der Waals surface area (Å²) >= 11 is 0. The van der Waals surface area contributed by atoms with Gasteiger partial charge in [0.2, 0.25) is 0 Å². The smallest absolute Gasteiger partial charge is 0.411 e. The van der Waals surface area contributed by atoms with E-state index in [1.807, 2.05) is 36.4 Å². The number of anilines is 1. The second kappa shape index (κ2) is 8.81. The van der Waals surface area contributed by atoms with Gasteiger partial charge < -0.3 is 9.64 Å². The zero-order chi connectivity index (χ0) is 18.4. The molecule has 1 amide bonds. The molecule has 1 unspecified atom stereocenters. The average Bonchev–Trinajstić information content (AvgIpc) is 3.07. The van der Waals surface area contributed by atoms with Crippen molar-refractivity contribution in [1.29, 1.82) is 0 Å². The number of nitrogens with zero attached hydrogens (tertiary/aromatic N) is 1. The van der Waals surface area contributed by atoms with E-state index in [9.17, 15) is 9.18 Å². The number of carbonyl (C=O) groups is 1. The van der Waals surface area contributed by atoms with E-state index in [0.717, 1.165) is 30.5 Å². The molecule has 1 heterocycles. The van der Waals surface area contributed by atoms with Crippen molar-refractivity contribution in [2.75, 3.05) is 25.5 Å². The third kappa shape index (κ3) is 4.61. The lowest BCUT2D eigenvalue weighted by Crippen LogP contribution is -2.27. The van der Waals surface area contributed by atoms with Crippen molar-refractivity contribution in [2.45, 2.75) is 32.0 Å². The zero-order valence-electron chi connectivity index (χ0n) is 15.1. The number of hydrogen-bond acceptors (Lipinski definition) is 3. The highest BCUT2D eigenvalue weighted by molar-refractivity contribution is 5.91. The number of rotatable bonds is 6. The lowest BCUT2D eigenvalue weighted by Gasteiger charge is -2.19. The number of benzene rings is 2. The number of nitrogens with one attached hydrogen (secondary N) is 1. The fraction of sp³-hybridized carbons (Fsp3) is 0.381. The zero-order valence-corrected chi connectivity index (χ0v) is 15.1. The quantitative estimate of drug-likeness (QED) is 0.804. The van der Waals surface area contributed by atoms with E-state index in [4.69, 9.17) is 4.74 Å². The Labute approximate surface area is 154 Å². The summed E-state index contributed by atoms with van der Waals surface area (Å²) in [5, 5.41) is 2.81. The second-order valence-electron chi connectivity index (χ2n) is 6.71. The predicted molar refractivity (Wildman–Crippen MR) is 102 cm³/mol. The molecule has 3 rings (SSSR count). The van der Waals surface area contributed by atoms with Crippen molar-refractivity contribution in [3.8, 4) is 11.1 Å². The van der Waals surface area contributed by atoms with E-state index in [0.29, 0.717) is 23.9 Å². The van der Waals surface area contributed by atoms with Gasteiger partial charge in [-0.2, -0.15) is 0 Å². The lowest BCUT2D eigenvalue weighted by atomic mass is 10.0. The van der Waals surface area contributed by atoms with Crippen LogP contribution in [0.2, 0.25) is 0 Å². The van der Waals surface area contributed by atoms with Gasteiger partial charge in [-0.15, -0.1) is 0 Å². The molecule has 2 aromatic rings. The molecule has 0 aliphatic carbocycles. The third-order valence-corrected chi connectivity index (χ3v) is 4.91. The Morgan fingerprint density at radius 2 is 2.12 bits per heavy atom. The van der Waals surface area contributed by atoms with Crippen LogP contribution in [0, 0.1) is 0 Å². The molecule has 26 heavy (non-hydrogen) atoms. The molecule has 2 aromatic carbocycles. The van der Waals surface area contributed by atoms with Crippen LogP contribution in [0.15, 0.2) is 48.5 Å². The molecule has 0 radical (unpaired) electrons. The number of carbonyl (C=O) groups excluding carboxylic acids is 1. The third-order valence-electron chi connectivity index (χ3n) is 4.91. The highest BCUT2D eigenvalue weighted by Crippen LogP contribution is 2.29. The summed E-state index contributed by atoms with van der Waals surface area (Å²) in [5.74, 6) is 0. The Kier molecular flexibility index (Phi) is 6.23. The maximum Gasteiger partial charge on any atom is 0.411 e. The maximum absolute atomic E-state index is 12.9. The summed E-state index contributed by atoms with van der Waals surface area (Å²) in [5.41, 5.74) is 2.98. The number of hydrogen-bond donors (Lipinski definition) is 1. The van der Waals surface area contributed by atoms with Gasteiger partial charge in [0.15, 0.2) is 0 Å². The average molecular weight is 356 g/mol. The van der Waals surface area contributed by atoms with Crippen LogP contribution < -0.4 is 5.32 Å². The minimum atomic E-state index is -0.513. The number of para-hydroxylation sites is 1. The first-order chi connectivity index (χ1) is 12.7. The van der Waals surface area contributed by atoms with Gasteiger partial charge in [-0.1, -0.05) is 36.4 Å². The summed E-state index contributed by atoms with van der Waals surface area (Å²) in [6.07, 6.45) is 2.76. The van der Waals surface area contributed by atoms with E-state index < -0.39 is 12.8 Å². The van der Waals surface area contributed by atoms with Crippen molar-refractivity contribution in [2.24, 2.45) is 0 Å². The summed E-state index contributed by atoms with van der Waals surface area (Å²) in [7, 11) is 2.11. The minimum Gasteiger partial charge on any atom is -0.449 e. The monoisotopic (exact) mass is 356 g/mol.